The van der Waals surface area contributed by atoms with Gasteiger partial charge in [-0.1, -0.05) is 18.2 Å². The highest BCUT2D eigenvalue weighted by atomic mass is 32.1. The summed E-state index contributed by atoms with van der Waals surface area (Å²) < 4.78 is 42.7. The fraction of sp³-hybridized carbons (Fsp3) is 0.176. The topological polar surface area (TPSA) is 58.6 Å². The zero-order valence-electron chi connectivity index (χ0n) is 13.2. The van der Waals surface area contributed by atoms with Crippen LogP contribution in [0.4, 0.5) is 18.9 Å². The fourth-order valence-corrected chi connectivity index (χ4v) is 2.82. The third-order valence-corrected chi connectivity index (χ3v) is 4.19. The van der Waals surface area contributed by atoms with Crippen LogP contribution in [0, 0.1) is 0 Å². The van der Waals surface area contributed by atoms with Gasteiger partial charge in [0, 0.05) is 11.2 Å². The van der Waals surface area contributed by atoms with Gasteiger partial charge in [-0.05, 0) is 29.8 Å². The van der Waals surface area contributed by atoms with Crippen LogP contribution in [0.2, 0.25) is 0 Å². The van der Waals surface area contributed by atoms with Gasteiger partial charge in [0.05, 0.1) is 23.9 Å². The number of rotatable bonds is 6. The quantitative estimate of drug-likeness (QED) is 0.525. The molecule has 0 radical (unpaired) electrons. The molecule has 0 saturated heterocycles. The molecule has 0 heterocycles. The molecule has 0 aliphatic heterocycles. The Balaban J connectivity index is 2.06. The van der Waals surface area contributed by atoms with Crippen molar-refractivity contribution < 1.29 is 27.8 Å². The van der Waals surface area contributed by atoms with Crippen molar-refractivity contribution in [1.29, 1.82) is 0 Å². The largest absolute Gasteiger partial charge is 0.495 e. The average molecular weight is 371 g/mol. The smallest absolute Gasteiger partial charge is 0.416 e. The maximum atomic E-state index is 12.5. The highest BCUT2D eigenvalue weighted by molar-refractivity contribution is 7.96. The van der Waals surface area contributed by atoms with Crippen molar-refractivity contribution in [2.75, 3.05) is 12.4 Å². The van der Waals surface area contributed by atoms with Gasteiger partial charge < -0.3 is 15.2 Å². The number of para-hydroxylation sites is 1. The molecular weight excluding hydrogens is 355 g/mol. The number of thiol groups is 1. The van der Waals surface area contributed by atoms with E-state index in [1.165, 1.54) is 25.3 Å². The van der Waals surface area contributed by atoms with Crippen LogP contribution in [0.15, 0.2) is 42.5 Å². The molecule has 0 aromatic heterocycles. The van der Waals surface area contributed by atoms with Crippen LogP contribution in [0.1, 0.15) is 21.5 Å². The van der Waals surface area contributed by atoms with Crippen molar-refractivity contribution in [3.05, 3.63) is 59.2 Å². The minimum absolute atomic E-state index is 0.0698. The maximum Gasteiger partial charge on any atom is 0.416 e. The lowest BCUT2D eigenvalue weighted by Crippen LogP contribution is -2.06. The number of carboxylic acid groups (broad SMARTS) is 1. The molecule has 0 aliphatic carbocycles. The Labute approximate surface area is 146 Å². The summed E-state index contributed by atoms with van der Waals surface area (Å²) in [5.74, 6) is -0.210. The number of carboxylic acids is 1. The van der Waals surface area contributed by atoms with E-state index in [9.17, 15) is 23.1 Å². The monoisotopic (exact) mass is 371 g/mol. The van der Waals surface area contributed by atoms with E-state index in [2.05, 4.69) is 5.32 Å². The van der Waals surface area contributed by atoms with Gasteiger partial charge in [-0.25, -0.2) is 4.79 Å². The van der Waals surface area contributed by atoms with Crippen molar-refractivity contribution in [3.8, 4) is 5.75 Å². The number of hydrogen-bond donors (Lipinski definition) is 3. The summed E-state index contributed by atoms with van der Waals surface area (Å²) in [7, 11) is 1.44. The van der Waals surface area contributed by atoms with Crippen LogP contribution in [0.5, 0.6) is 5.75 Å². The summed E-state index contributed by atoms with van der Waals surface area (Å²) in [6, 6.07) is 9.60. The van der Waals surface area contributed by atoms with Gasteiger partial charge in [0.1, 0.15) is 5.75 Å². The molecule has 0 aliphatic rings. The van der Waals surface area contributed by atoms with E-state index in [1.54, 1.807) is 17.6 Å². The van der Waals surface area contributed by atoms with Crippen molar-refractivity contribution in [3.63, 3.8) is 0 Å². The van der Waals surface area contributed by atoms with E-state index in [0.29, 0.717) is 17.2 Å². The second-order valence-electron chi connectivity index (χ2n) is 5.00. The molecule has 2 rings (SSSR count). The van der Waals surface area contributed by atoms with Crippen LogP contribution in [0.25, 0.3) is 0 Å². The van der Waals surface area contributed by atoms with Gasteiger partial charge in [-0.15, -0.1) is 0 Å². The second kappa shape index (κ2) is 8.06. The zero-order valence-corrected chi connectivity index (χ0v) is 14.1. The molecule has 0 saturated carbocycles. The third kappa shape index (κ3) is 4.99. The van der Waals surface area contributed by atoms with E-state index in [4.69, 9.17) is 4.74 Å². The first-order valence-corrected chi connectivity index (χ1v) is 8.29. The molecule has 0 bridgehead atoms. The normalized spacial score (nSPS) is 11.8. The standard InChI is InChI=1S/C17H16F3NO3S/c1-24-14-4-2-3-13(16(22)23)15(14)21-10-25-9-11-5-7-12(8-6-11)17(18,19)20/h2-8,10,21,25H,9H2,1H3,(H,22,23). The Morgan fingerprint density at radius 2 is 1.92 bits per heavy atom. The molecule has 0 fully saturated rings. The Bertz CT molecular complexity index is 774. The number of nitrogens with one attached hydrogen (secondary N) is 1. The maximum absolute atomic E-state index is 12.5. The number of methoxy groups -OCH3 is 1. The number of hydrogen-bond acceptors (Lipinski definition) is 2. The zero-order chi connectivity index (χ0) is 18.4. The van der Waals surface area contributed by atoms with Gasteiger partial charge in [0.25, 0.3) is 0 Å². The Kier molecular flexibility index (Phi) is 6.08. The number of ether oxygens (including phenoxy) is 1. The summed E-state index contributed by atoms with van der Waals surface area (Å²) in [4.78, 5) is 11.3. The SMILES string of the molecule is COc1cccc(C(=O)O)c1NC=[SH]Cc1ccc(C(F)(F)F)cc1. The van der Waals surface area contributed by atoms with E-state index < -0.39 is 17.7 Å². The first-order chi connectivity index (χ1) is 11.8. The Morgan fingerprint density at radius 3 is 2.48 bits per heavy atom. The molecule has 0 amide bonds. The van der Waals surface area contributed by atoms with Gasteiger partial charge >= 0.3 is 12.1 Å². The Hall–Kier alpha value is -2.48. The summed E-state index contributed by atoms with van der Waals surface area (Å²) in [6.07, 6.45) is -4.35. The number of carbonyl (C=O) groups is 1. The summed E-state index contributed by atoms with van der Waals surface area (Å²) in [5.41, 5.74) is 2.08. The molecule has 0 atom stereocenters. The predicted molar refractivity (Wildman–Crippen MR) is 93.8 cm³/mol. The molecule has 2 N–H and O–H groups in total. The molecule has 0 unspecified atom stereocenters. The van der Waals surface area contributed by atoms with E-state index >= 15 is 0 Å². The highest BCUT2D eigenvalue weighted by Crippen LogP contribution is 2.30. The van der Waals surface area contributed by atoms with Crippen molar-refractivity contribution in [1.82, 2.24) is 0 Å². The van der Waals surface area contributed by atoms with Gasteiger partial charge in [-0.2, -0.15) is 24.5 Å². The number of halogens is 3. The van der Waals surface area contributed by atoms with Crippen LogP contribution in [-0.2, 0) is 11.9 Å². The molecule has 25 heavy (non-hydrogen) atoms. The molecule has 4 nitrogen and oxygen atoms in total. The average Bonchev–Trinajstić information content (AvgIpc) is 2.58. The summed E-state index contributed by atoms with van der Waals surface area (Å²) in [5, 5.41) is 12.1. The number of benzene rings is 2. The van der Waals surface area contributed by atoms with Crippen molar-refractivity contribution >= 4 is 28.5 Å². The van der Waals surface area contributed by atoms with Crippen LogP contribution in [-0.4, -0.2) is 23.7 Å². The minimum Gasteiger partial charge on any atom is -0.495 e. The lowest BCUT2D eigenvalue weighted by molar-refractivity contribution is -0.137. The second-order valence-corrected chi connectivity index (χ2v) is 5.94. The fourth-order valence-electron chi connectivity index (χ4n) is 2.09. The van der Waals surface area contributed by atoms with Gasteiger partial charge in [0.2, 0.25) is 0 Å². The minimum atomic E-state index is -4.35. The van der Waals surface area contributed by atoms with Crippen molar-refractivity contribution in [2.45, 2.75) is 11.9 Å². The molecule has 134 valence electrons. The first kappa shape index (κ1) is 18.9. The lowest BCUT2D eigenvalue weighted by Gasteiger charge is -2.11. The summed E-state index contributed by atoms with van der Waals surface area (Å²) >= 11 is 0.764. The molecule has 2 aromatic carbocycles. The number of alkyl halides is 3. The predicted octanol–water partition coefficient (Wildman–Crippen LogP) is 4.25. The van der Waals surface area contributed by atoms with E-state index in [-0.39, 0.29) is 5.56 Å². The van der Waals surface area contributed by atoms with Crippen LogP contribution < -0.4 is 10.1 Å². The number of aromatic carboxylic acids is 1. The molecular formula is C17H16F3NO3S. The Morgan fingerprint density at radius 1 is 1.24 bits per heavy atom. The van der Waals surface area contributed by atoms with Crippen molar-refractivity contribution in [2.24, 2.45) is 0 Å². The molecule has 2 aromatic rings. The molecule has 8 heteroatoms. The van der Waals surface area contributed by atoms with Gasteiger partial charge in [-0.3, -0.25) is 0 Å². The van der Waals surface area contributed by atoms with E-state index in [1.807, 2.05) is 0 Å². The van der Waals surface area contributed by atoms with Gasteiger partial charge in [0.15, 0.2) is 0 Å². The third-order valence-electron chi connectivity index (χ3n) is 3.33. The van der Waals surface area contributed by atoms with E-state index in [0.717, 1.165) is 29.0 Å². The van der Waals surface area contributed by atoms with Crippen LogP contribution >= 0.6 is 11.4 Å². The van der Waals surface area contributed by atoms with Crippen LogP contribution in [0.3, 0.4) is 0 Å². The highest BCUT2D eigenvalue weighted by Gasteiger charge is 2.29. The number of anilines is 1. The summed E-state index contributed by atoms with van der Waals surface area (Å²) in [6.45, 7) is 0. The first-order valence-electron chi connectivity index (χ1n) is 7.14. The molecule has 0 spiro atoms. The lowest BCUT2D eigenvalue weighted by atomic mass is 10.1.